The number of furan rings is 1. The zero-order valence-electron chi connectivity index (χ0n) is 14.9. The lowest BCUT2D eigenvalue weighted by Crippen LogP contribution is -2.42. The molecule has 2 aromatic heterocycles. The quantitative estimate of drug-likeness (QED) is 0.827. The topological polar surface area (TPSA) is 72.5 Å². The Morgan fingerprint density at radius 3 is 2.84 bits per heavy atom. The molecule has 0 bridgehead atoms. The van der Waals surface area contributed by atoms with Crippen LogP contribution in [0, 0.1) is 5.92 Å². The summed E-state index contributed by atoms with van der Waals surface area (Å²) in [5, 5.41) is 7.31. The molecular weight excluding hydrogens is 320 g/mol. The maximum absolute atomic E-state index is 12.7. The van der Waals surface area contributed by atoms with Crippen molar-refractivity contribution in [3.8, 4) is 0 Å². The Kier molecular flexibility index (Phi) is 5.88. The van der Waals surface area contributed by atoms with Crippen molar-refractivity contribution in [2.75, 3.05) is 26.8 Å². The molecular formula is C18H26N4O3. The van der Waals surface area contributed by atoms with Gasteiger partial charge in [-0.15, -0.1) is 0 Å². The molecule has 1 unspecified atom stereocenters. The third kappa shape index (κ3) is 4.49. The fraction of sp³-hybridized carbons (Fsp3) is 0.556. The van der Waals surface area contributed by atoms with Crippen molar-refractivity contribution in [2.45, 2.75) is 25.4 Å². The maximum Gasteiger partial charge on any atom is 0.223 e. The molecule has 1 atom stereocenters. The predicted molar refractivity (Wildman–Crippen MR) is 92.7 cm³/mol. The molecule has 1 amide bonds. The standard InChI is InChI=1S/C18H26N4O3/c1-21-17(5-8-19-21)16(13-24-2)20-18(23)14-6-9-22(10-7-14)12-15-4-3-11-25-15/h3-5,8,11,14,16H,6-7,9-10,12-13H2,1-2H3,(H,20,23). The smallest absolute Gasteiger partial charge is 0.223 e. The van der Waals surface area contributed by atoms with E-state index in [1.165, 1.54) is 0 Å². The Balaban J connectivity index is 1.52. The summed E-state index contributed by atoms with van der Waals surface area (Å²) in [4.78, 5) is 15.0. The van der Waals surface area contributed by atoms with Crippen molar-refractivity contribution in [1.82, 2.24) is 20.0 Å². The number of aromatic nitrogens is 2. The second-order valence-corrected chi connectivity index (χ2v) is 6.53. The van der Waals surface area contributed by atoms with Gasteiger partial charge < -0.3 is 14.5 Å². The summed E-state index contributed by atoms with van der Waals surface area (Å²) in [6.45, 7) is 3.05. The Labute approximate surface area is 147 Å². The Bertz CT molecular complexity index is 660. The molecule has 1 N–H and O–H groups in total. The first kappa shape index (κ1) is 17.7. The maximum atomic E-state index is 12.7. The van der Waals surface area contributed by atoms with Gasteiger partial charge in [-0.05, 0) is 44.1 Å². The van der Waals surface area contributed by atoms with Crippen LogP contribution in [0.1, 0.15) is 30.3 Å². The fourth-order valence-corrected chi connectivity index (χ4v) is 3.36. The van der Waals surface area contributed by atoms with E-state index in [1.807, 2.05) is 25.2 Å². The van der Waals surface area contributed by atoms with Crippen LogP contribution in [0.25, 0.3) is 0 Å². The molecule has 0 aliphatic carbocycles. The van der Waals surface area contributed by atoms with Gasteiger partial charge in [0.15, 0.2) is 0 Å². The molecule has 25 heavy (non-hydrogen) atoms. The number of piperidine rings is 1. The van der Waals surface area contributed by atoms with Crippen LogP contribution in [0.5, 0.6) is 0 Å². The average Bonchev–Trinajstić information content (AvgIpc) is 3.26. The lowest BCUT2D eigenvalue weighted by Gasteiger charge is -2.31. The number of nitrogens with zero attached hydrogens (tertiary/aromatic N) is 3. The SMILES string of the molecule is COCC(NC(=O)C1CCN(Cc2ccco2)CC1)c1ccnn1C. The van der Waals surface area contributed by atoms with E-state index in [9.17, 15) is 4.79 Å². The van der Waals surface area contributed by atoms with Crippen molar-refractivity contribution in [1.29, 1.82) is 0 Å². The van der Waals surface area contributed by atoms with Gasteiger partial charge in [0.1, 0.15) is 5.76 Å². The molecule has 1 aliphatic heterocycles. The van der Waals surface area contributed by atoms with E-state index in [2.05, 4.69) is 15.3 Å². The van der Waals surface area contributed by atoms with Crippen LogP contribution in [0.3, 0.4) is 0 Å². The lowest BCUT2D eigenvalue weighted by atomic mass is 9.95. The van der Waals surface area contributed by atoms with E-state index in [-0.39, 0.29) is 17.9 Å². The van der Waals surface area contributed by atoms with Crippen LogP contribution < -0.4 is 5.32 Å². The van der Waals surface area contributed by atoms with Gasteiger partial charge in [-0.25, -0.2) is 0 Å². The second-order valence-electron chi connectivity index (χ2n) is 6.53. The number of methoxy groups -OCH3 is 1. The number of amides is 1. The van der Waals surface area contributed by atoms with E-state index < -0.39 is 0 Å². The van der Waals surface area contributed by atoms with Crippen molar-refractivity contribution in [3.05, 3.63) is 42.1 Å². The molecule has 0 aromatic carbocycles. The lowest BCUT2D eigenvalue weighted by molar-refractivity contribution is -0.127. The molecule has 1 aliphatic rings. The van der Waals surface area contributed by atoms with Crippen LogP contribution in [0.15, 0.2) is 35.1 Å². The van der Waals surface area contributed by atoms with Gasteiger partial charge in [-0.2, -0.15) is 5.10 Å². The first-order chi connectivity index (χ1) is 12.2. The molecule has 0 radical (unpaired) electrons. The highest BCUT2D eigenvalue weighted by Gasteiger charge is 2.27. The zero-order chi connectivity index (χ0) is 17.6. The number of rotatable bonds is 7. The summed E-state index contributed by atoms with van der Waals surface area (Å²) in [6, 6.07) is 5.63. The third-order valence-corrected chi connectivity index (χ3v) is 4.78. The van der Waals surface area contributed by atoms with Gasteiger partial charge in [0, 0.05) is 26.3 Å². The predicted octanol–water partition coefficient (Wildman–Crippen LogP) is 1.73. The summed E-state index contributed by atoms with van der Waals surface area (Å²) in [6.07, 6.45) is 5.15. The van der Waals surface area contributed by atoms with E-state index in [1.54, 1.807) is 24.3 Å². The van der Waals surface area contributed by atoms with Crippen LogP contribution in [0.2, 0.25) is 0 Å². The molecule has 1 saturated heterocycles. The second kappa shape index (κ2) is 8.31. The molecule has 0 saturated carbocycles. The first-order valence-corrected chi connectivity index (χ1v) is 8.69. The Hall–Kier alpha value is -2.12. The minimum absolute atomic E-state index is 0.0421. The molecule has 3 rings (SSSR count). The highest BCUT2D eigenvalue weighted by atomic mass is 16.5. The molecule has 3 heterocycles. The van der Waals surface area contributed by atoms with Crippen molar-refractivity contribution >= 4 is 5.91 Å². The number of ether oxygens (including phenoxy) is 1. The highest BCUT2D eigenvalue weighted by Crippen LogP contribution is 2.21. The molecule has 7 heteroatoms. The fourth-order valence-electron chi connectivity index (χ4n) is 3.36. The van der Waals surface area contributed by atoms with Crippen molar-refractivity contribution < 1.29 is 13.9 Å². The Morgan fingerprint density at radius 2 is 2.24 bits per heavy atom. The summed E-state index contributed by atoms with van der Waals surface area (Å²) in [7, 11) is 3.51. The summed E-state index contributed by atoms with van der Waals surface area (Å²) < 4.78 is 12.4. The molecule has 7 nitrogen and oxygen atoms in total. The van der Waals surface area contributed by atoms with Gasteiger partial charge in [0.05, 0.1) is 31.2 Å². The van der Waals surface area contributed by atoms with Crippen LogP contribution in [0.4, 0.5) is 0 Å². The first-order valence-electron chi connectivity index (χ1n) is 8.69. The van der Waals surface area contributed by atoms with E-state index in [4.69, 9.17) is 9.15 Å². The highest BCUT2D eigenvalue weighted by molar-refractivity contribution is 5.79. The van der Waals surface area contributed by atoms with E-state index >= 15 is 0 Å². The van der Waals surface area contributed by atoms with Gasteiger partial charge in [0.2, 0.25) is 5.91 Å². The monoisotopic (exact) mass is 346 g/mol. The van der Waals surface area contributed by atoms with Crippen LogP contribution in [-0.2, 0) is 23.1 Å². The summed E-state index contributed by atoms with van der Waals surface area (Å²) >= 11 is 0. The normalized spacial score (nSPS) is 17.5. The number of aryl methyl sites for hydroxylation is 1. The van der Waals surface area contributed by atoms with Gasteiger partial charge in [0.25, 0.3) is 0 Å². The van der Waals surface area contributed by atoms with Gasteiger partial charge in [-0.1, -0.05) is 0 Å². The average molecular weight is 346 g/mol. The van der Waals surface area contributed by atoms with Crippen molar-refractivity contribution in [2.24, 2.45) is 13.0 Å². The third-order valence-electron chi connectivity index (χ3n) is 4.78. The van der Waals surface area contributed by atoms with Gasteiger partial charge >= 0.3 is 0 Å². The number of hydrogen-bond donors (Lipinski definition) is 1. The number of nitrogens with one attached hydrogen (secondary N) is 1. The molecule has 1 fully saturated rings. The van der Waals surface area contributed by atoms with Crippen LogP contribution >= 0.6 is 0 Å². The number of likely N-dealkylation sites (tertiary alicyclic amines) is 1. The largest absolute Gasteiger partial charge is 0.468 e. The van der Waals surface area contributed by atoms with E-state index in [0.717, 1.165) is 43.9 Å². The summed E-state index contributed by atoms with van der Waals surface area (Å²) in [5.74, 6) is 1.11. The minimum atomic E-state index is -0.175. The van der Waals surface area contributed by atoms with E-state index in [0.29, 0.717) is 6.61 Å². The summed E-state index contributed by atoms with van der Waals surface area (Å²) in [5.41, 5.74) is 0.949. The molecule has 0 spiro atoms. The molecule has 2 aromatic rings. The zero-order valence-corrected chi connectivity index (χ0v) is 14.9. The van der Waals surface area contributed by atoms with Gasteiger partial charge in [-0.3, -0.25) is 14.4 Å². The number of carbonyl (C=O) groups is 1. The Morgan fingerprint density at radius 1 is 1.44 bits per heavy atom. The van der Waals surface area contributed by atoms with Crippen LogP contribution in [-0.4, -0.2) is 47.4 Å². The minimum Gasteiger partial charge on any atom is -0.468 e. The number of carbonyl (C=O) groups excluding carboxylic acids is 1. The van der Waals surface area contributed by atoms with Crippen molar-refractivity contribution in [3.63, 3.8) is 0 Å². The molecule has 136 valence electrons. The number of hydrogen-bond acceptors (Lipinski definition) is 5.